The van der Waals surface area contributed by atoms with Gasteiger partial charge in [0.25, 0.3) is 0 Å². The minimum atomic E-state index is 1.02. The Balaban J connectivity index is 1.59. The highest BCUT2D eigenvalue weighted by Gasteiger charge is 2.19. The Morgan fingerprint density at radius 1 is 0.955 bits per heavy atom. The number of anilines is 1. The molecular weight excluding hydrogens is 358 g/mol. The molecule has 0 aliphatic carbocycles. The summed E-state index contributed by atoms with van der Waals surface area (Å²) in [5, 5.41) is 5.77. The van der Waals surface area contributed by atoms with Crippen molar-refractivity contribution in [2.75, 3.05) is 31.1 Å². The van der Waals surface area contributed by atoms with Gasteiger partial charge in [-0.15, -0.1) is 0 Å². The van der Waals surface area contributed by atoms with Crippen LogP contribution in [0.15, 0.2) is 57.9 Å². The van der Waals surface area contributed by atoms with Gasteiger partial charge in [0.15, 0.2) is 0 Å². The largest absolute Gasteiger partial charge is 0.368 e. The van der Waals surface area contributed by atoms with Crippen molar-refractivity contribution in [1.82, 2.24) is 4.90 Å². The standard InChI is InChI=1S/C17H20BrN3S/c18-15-7-5-14(6-8-15)13-20-9-11-21(12-10-20)16-3-1-2-4-17(16)22-19/h1-8H,9-13,19H2. The molecule has 2 N–H and O–H groups in total. The Hall–Kier alpha value is -1.01. The smallest absolute Gasteiger partial charge is 0.0518 e. The average molecular weight is 378 g/mol. The predicted molar refractivity (Wildman–Crippen MR) is 98.1 cm³/mol. The van der Waals surface area contributed by atoms with Crippen molar-refractivity contribution >= 4 is 33.6 Å². The summed E-state index contributed by atoms with van der Waals surface area (Å²) in [5.74, 6) is 0. The third-order valence-corrected chi connectivity index (χ3v) is 5.15. The Morgan fingerprint density at radius 2 is 1.64 bits per heavy atom. The lowest BCUT2D eigenvalue weighted by Gasteiger charge is -2.36. The van der Waals surface area contributed by atoms with Crippen LogP contribution in [0.5, 0.6) is 0 Å². The van der Waals surface area contributed by atoms with E-state index in [1.165, 1.54) is 23.2 Å². The average Bonchev–Trinajstić information content (AvgIpc) is 2.58. The van der Waals surface area contributed by atoms with Crippen LogP contribution in [-0.2, 0) is 6.54 Å². The SMILES string of the molecule is NSc1ccccc1N1CCN(Cc2ccc(Br)cc2)CC1. The fourth-order valence-electron chi connectivity index (χ4n) is 2.81. The number of hydrogen-bond acceptors (Lipinski definition) is 4. The van der Waals surface area contributed by atoms with Gasteiger partial charge in [0.1, 0.15) is 0 Å². The van der Waals surface area contributed by atoms with Gasteiger partial charge in [-0.05, 0) is 41.8 Å². The lowest BCUT2D eigenvalue weighted by Crippen LogP contribution is -2.46. The van der Waals surface area contributed by atoms with Gasteiger partial charge < -0.3 is 4.90 Å². The molecule has 3 rings (SSSR count). The molecule has 1 fully saturated rings. The second-order valence-electron chi connectivity index (χ2n) is 5.48. The Bertz CT molecular complexity index is 610. The van der Waals surface area contributed by atoms with Gasteiger partial charge in [-0.2, -0.15) is 0 Å². The van der Waals surface area contributed by atoms with Crippen LogP contribution in [0.3, 0.4) is 0 Å². The van der Waals surface area contributed by atoms with E-state index in [4.69, 9.17) is 5.14 Å². The van der Waals surface area contributed by atoms with Gasteiger partial charge in [0, 0.05) is 42.1 Å². The van der Waals surface area contributed by atoms with Crippen molar-refractivity contribution in [2.45, 2.75) is 11.4 Å². The molecule has 3 nitrogen and oxygen atoms in total. The number of piperazine rings is 1. The summed E-state index contributed by atoms with van der Waals surface area (Å²) in [7, 11) is 0. The molecule has 1 heterocycles. The van der Waals surface area contributed by atoms with Crippen LogP contribution >= 0.6 is 27.9 Å². The first kappa shape index (κ1) is 15.9. The molecule has 0 aromatic heterocycles. The maximum absolute atomic E-state index is 5.77. The maximum Gasteiger partial charge on any atom is 0.0518 e. The minimum absolute atomic E-state index is 1.02. The number of nitrogens with zero attached hydrogens (tertiary/aromatic N) is 2. The van der Waals surface area contributed by atoms with E-state index in [-0.39, 0.29) is 0 Å². The summed E-state index contributed by atoms with van der Waals surface area (Å²) in [4.78, 5) is 6.11. The topological polar surface area (TPSA) is 32.5 Å². The Morgan fingerprint density at radius 3 is 2.32 bits per heavy atom. The highest BCUT2D eigenvalue weighted by molar-refractivity contribution is 9.10. The number of para-hydroxylation sites is 1. The molecule has 0 amide bonds. The zero-order chi connectivity index (χ0) is 15.4. The summed E-state index contributed by atoms with van der Waals surface area (Å²) >= 11 is 4.82. The summed E-state index contributed by atoms with van der Waals surface area (Å²) in [5.41, 5.74) is 2.63. The molecule has 2 aromatic rings. The van der Waals surface area contributed by atoms with Crippen molar-refractivity contribution in [1.29, 1.82) is 0 Å². The van der Waals surface area contributed by atoms with Crippen molar-refractivity contribution in [2.24, 2.45) is 5.14 Å². The summed E-state index contributed by atoms with van der Waals surface area (Å²) in [6, 6.07) is 17.0. The maximum atomic E-state index is 5.77. The van der Waals surface area contributed by atoms with E-state index in [0.717, 1.165) is 42.1 Å². The molecule has 0 unspecified atom stereocenters. The van der Waals surface area contributed by atoms with Crippen LogP contribution in [-0.4, -0.2) is 31.1 Å². The molecule has 0 radical (unpaired) electrons. The van der Waals surface area contributed by atoms with Crippen molar-refractivity contribution in [3.63, 3.8) is 0 Å². The van der Waals surface area contributed by atoms with Gasteiger partial charge in [0.05, 0.1) is 5.69 Å². The van der Waals surface area contributed by atoms with Gasteiger partial charge >= 0.3 is 0 Å². The van der Waals surface area contributed by atoms with E-state index in [0.29, 0.717) is 0 Å². The first-order valence-electron chi connectivity index (χ1n) is 7.44. The molecule has 0 spiro atoms. The van der Waals surface area contributed by atoms with Crippen molar-refractivity contribution in [3.8, 4) is 0 Å². The van der Waals surface area contributed by atoms with E-state index < -0.39 is 0 Å². The van der Waals surface area contributed by atoms with Gasteiger partial charge in [-0.1, -0.05) is 40.2 Å². The van der Waals surface area contributed by atoms with Crippen LogP contribution in [0, 0.1) is 0 Å². The molecule has 2 aromatic carbocycles. The fourth-order valence-corrected chi connectivity index (χ4v) is 3.55. The number of hydrogen-bond donors (Lipinski definition) is 1. The number of rotatable bonds is 4. The van der Waals surface area contributed by atoms with Crippen molar-refractivity contribution in [3.05, 3.63) is 58.6 Å². The van der Waals surface area contributed by atoms with Crippen LogP contribution in [0.2, 0.25) is 0 Å². The summed E-state index contributed by atoms with van der Waals surface area (Å²) in [6.07, 6.45) is 0. The highest BCUT2D eigenvalue weighted by Crippen LogP contribution is 2.27. The van der Waals surface area contributed by atoms with Crippen LogP contribution in [0.25, 0.3) is 0 Å². The van der Waals surface area contributed by atoms with Crippen LogP contribution in [0.1, 0.15) is 5.56 Å². The van der Waals surface area contributed by atoms with E-state index in [1.54, 1.807) is 0 Å². The molecule has 0 saturated carbocycles. The second-order valence-corrected chi connectivity index (χ2v) is 7.07. The zero-order valence-electron chi connectivity index (χ0n) is 12.4. The monoisotopic (exact) mass is 377 g/mol. The summed E-state index contributed by atoms with van der Waals surface area (Å²) in [6.45, 7) is 5.29. The van der Waals surface area contributed by atoms with E-state index in [2.05, 4.69) is 68.2 Å². The van der Waals surface area contributed by atoms with E-state index in [1.807, 2.05) is 6.07 Å². The Kier molecular flexibility index (Phi) is 5.41. The highest BCUT2D eigenvalue weighted by atomic mass is 79.9. The quantitative estimate of drug-likeness (QED) is 0.822. The number of nitrogens with two attached hydrogens (primary N) is 1. The first-order valence-corrected chi connectivity index (χ1v) is 9.11. The minimum Gasteiger partial charge on any atom is -0.368 e. The first-order chi connectivity index (χ1) is 10.8. The molecule has 5 heteroatoms. The third-order valence-electron chi connectivity index (χ3n) is 4.02. The molecule has 0 atom stereocenters. The number of benzene rings is 2. The molecule has 1 aliphatic rings. The normalized spacial score (nSPS) is 16.0. The molecular formula is C17H20BrN3S. The van der Waals surface area contributed by atoms with Crippen molar-refractivity contribution < 1.29 is 0 Å². The predicted octanol–water partition coefficient (Wildman–Crippen LogP) is 3.74. The Labute approximate surface area is 144 Å². The molecule has 22 heavy (non-hydrogen) atoms. The van der Waals surface area contributed by atoms with Gasteiger partial charge in [0.2, 0.25) is 0 Å². The van der Waals surface area contributed by atoms with E-state index >= 15 is 0 Å². The third kappa shape index (κ3) is 3.84. The molecule has 116 valence electrons. The lowest BCUT2D eigenvalue weighted by atomic mass is 10.2. The van der Waals surface area contributed by atoms with Gasteiger partial charge in [-0.25, -0.2) is 0 Å². The number of halogens is 1. The fraction of sp³-hybridized carbons (Fsp3) is 0.294. The van der Waals surface area contributed by atoms with Crippen LogP contribution < -0.4 is 10.0 Å². The molecule has 1 aliphatic heterocycles. The van der Waals surface area contributed by atoms with Gasteiger partial charge in [-0.3, -0.25) is 10.0 Å². The van der Waals surface area contributed by atoms with Crippen LogP contribution in [0.4, 0.5) is 5.69 Å². The second kappa shape index (κ2) is 7.51. The molecule has 0 bridgehead atoms. The van der Waals surface area contributed by atoms with E-state index in [9.17, 15) is 0 Å². The summed E-state index contributed by atoms with van der Waals surface area (Å²) < 4.78 is 1.14. The zero-order valence-corrected chi connectivity index (χ0v) is 14.8. The molecule has 1 saturated heterocycles. The lowest BCUT2D eigenvalue weighted by molar-refractivity contribution is 0.249.